The van der Waals surface area contributed by atoms with Gasteiger partial charge in [0.2, 0.25) is 6.29 Å². The van der Waals surface area contributed by atoms with E-state index in [1.165, 1.54) is 57.8 Å². The number of hydrogen-bond acceptors (Lipinski definition) is 25. The van der Waals surface area contributed by atoms with Gasteiger partial charge in [0, 0.05) is 11.3 Å². The molecule has 14 unspecified atom stereocenters. The van der Waals surface area contributed by atoms with Gasteiger partial charge in [-0.25, -0.2) is 33.9 Å². The Kier molecular flexibility index (Phi) is 28.2. The molecule has 26 aliphatic rings. The number of carbonyl (C=O) groups is 9. The molecule has 1 heterocycles. The van der Waals surface area contributed by atoms with E-state index < -0.39 is 175 Å². The van der Waals surface area contributed by atoms with Gasteiger partial charge in [-0.15, -0.1) is 0 Å². The largest absolute Gasteiger partial charge is 0.463 e. The molecular weight excluding hydrogens is 1720 g/mol. The van der Waals surface area contributed by atoms with Crippen molar-refractivity contribution in [2.24, 2.45) is 194 Å². The highest BCUT2D eigenvalue weighted by Crippen LogP contribution is 2.68. The predicted molar refractivity (Wildman–Crippen MR) is 488 cm³/mol. The van der Waals surface area contributed by atoms with Gasteiger partial charge in [-0.05, 0) is 412 Å². The molecule has 17 atom stereocenters. The Balaban J connectivity index is 0.600. The van der Waals surface area contributed by atoms with E-state index in [9.17, 15) is 29.7 Å². The van der Waals surface area contributed by atoms with E-state index in [0.29, 0.717) is 160 Å². The average Bonchev–Trinajstić information content (AvgIpc) is 0.728. The molecule has 135 heavy (non-hydrogen) atoms. The number of esters is 9. The Bertz CT molecular complexity index is 4130. The van der Waals surface area contributed by atoms with Crippen molar-refractivity contribution in [1.29, 1.82) is 0 Å². The molecule has 1 saturated heterocycles. The summed E-state index contributed by atoms with van der Waals surface area (Å²) in [6, 6.07) is 0. The van der Waals surface area contributed by atoms with E-state index in [4.69, 9.17) is 66.9 Å². The normalized spacial score (nSPS) is 47.3. The SMILES string of the molecule is CC1(CC(OO)C2CCCCC2C[C@@H]2C(CCC3CCCCC3C(=O)OCC(=O)OC3(C)C4CC5CC(C4)CC3C5)OC(OOCC3CCCCC3C(=O)OCC(OO)C3(C)C4CC5CC(C4)CC3C5)[C@@H](OC(=O)C3CCCCC3C(=O)OCC(=O)OC3(C)C4CC5CC(C4)CC3C5)[C@H]2OC(=O)C2CCCCC2C(=O)OCC(=O)OC2(C)C3CC4CC(C3)CC2C4)C2CC3CC(C2)CC1C3. The quantitative estimate of drug-likeness (QED) is 0.0262. The Morgan fingerprint density at radius 2 is 0.674 bits per heavy atom. The minimum Gasteiger partial charge on any atom is -0.463 e. The van der Waals surface area contributed by atoms with E-state index >= 15 is 24.0 Å². The molecule has 25 aliphatic carbocycles. The maximum absolute atomic E-state index is 16.6. The van der Waals surface area contributed by atoms with Crippen LogP contribution in [0.25, 0.3) is 0 Å². The molecule has 2 N–H and O–H groups in total. The maximum atomic E-state index is 16.6. The van der Waals surface area contributed by atoms with Gasteiger partial charge >= 0.3 is 53.7 Å². The highest BCUT2D eigenvalue weighted by atomic mass is 17.2. The molecule has 0 radical (unpaired) electrons. The van der Waals surface area contributed by atoms with Crippen molar-refractivity contribution in [2.75, 3.05) is 33.0 Å². The molecule has 0 aromatic heterocycles. The second-order valence-electron chi connectivity index (χ2n) is 51.0. The molecular formula is C110H162O25. The van der Waals surface area contributed by atoms with Crippen molar-refractivity contribution in [3.8, 4) is 0 Å². The Labute approximate surface area is 800 Å². The van der Waals surface area contributed by atoms with Crippen LogP contribution >= 0.6 is 0 Å². The zero-order valence-corrected chi connectivity index (χ0v) is 81.8. The third-order valence-electron chi connectivity index (χ3n) is 43.9. The lowest BCUT2D eigenvalue weighted by molar-refractivity contribution is -0.427. The number of hydrogen-bond donors (Lipinski definition) is 2. The van der Waals surface area contributed by atoms with Crippen LogP contribution in [0, 0.1) is 194 Å². The summed E-state index contributed by atoms with van der Waals surface area (Å²) in [5.74, 6) is -3.55. The molecule has 0 amide bonds. The van der Waals surface area contributed by atoms with Crippen LogP contribution in [0.1, 0.15) is 349 Å². The summed E-state index contributed by atoms with van der Waals surface area (Å²) in [5.41, 5.74) is -2.42. The van der Waals surface area contributed by atoms with Gasteiger partial charge in [0.1, 0.15) is 35.6 Å². The molecule has 20 bridgehead atoms. The molecule has 0 aromatic carbocycles. The fourth-order valence-corrected chi connectivity index (χ4v) is 37.2. The summed E-state index contributed by atoms with van der Waals surface area (Å²) in [7, 11) is 0. The van der Waals surface area contributed by atoms with E-state index in [0.717, 1.165) is 148 Å². The maximum Gasteiger partial charge on any atom is 0.344 e. The number of carbonyl (C=O) groups excluding carboxylic acids is 9. The van der Waals surface area contributed by atoms with Crippen LogP contribution in [0.4, 0.5) is 0 Å². The highest BCUT2D eigenvalue weighted by Gasteiger charge is 2.65. The van der Waals surface area contributed by atoms with Crippen molar-refractivity contribution in [2.45, 2.75) is 403 Å². The van der Waals surface area contributed by atoms with E-state index in [1.807, 2.05) is 0 Å². The van der Waals surface area contributed by atoms with Gasteiger partial charge < -0.3 is 47.4 Å². The van der Waals surface area contributed by atoms with Gasteiger partial charge in [0.25, 0.3) is 0 Å². The summed E-state index contributed by atoms with van der Waals surface area (Å²) < 4.78 is 66.1. The average molecular weight is 1880 g/mol. The molecule has 25 saturated carbocycles. The first kappa shape index (κ1) is 96.1. The first-order valence-corrected chi connectivity index (χ1v) is 55.4. The molecule has 0 spiro atoms. The molecule has 26 rings (SSSR count). The topological polar surface area (TPSA) is 323 Å². The van der Waals surface area contributed by atoms with Crippen molar-refractivity contribution < 1.29 is 121 Å². The first-order valence-electron chi connectivity index (χ1n) is 55.4. The standard InChI is InChI=1S/C110H162O25/c1-106(73-33-60-28-61(35-73)36-74(106)34-60)54-92(133-120)83-19-9-7-17-71(83)53-90-91(27-26-70-16-6-10-20-84(70)99(114)123-57-94(111)130-108(3)77-41-64-30-65(43-77)44-78(108)42-64)127-105(135-126-55-72-18-8-11-21-85(72)100(115)122-56-93(134-121)107(2)75-37-62-29-63(39-75)40-76(107)38-62)98(129-104(119)89-25-15-13-23-87(89)102(117)125-59-96(113)132-110(5)81-49-68-32-69(51-81)52-82(110)50-68)97(90)128-103(118)88-24-14-12-22-86(88)101(116)124-58-95(112)131-109(4)79-45-66-31-67(47-79)48-80(109)46-66/h60-93,97-98,105,120-121H,6-59H2,1-5H3/t60?,61?,62?,63?,64?,65?,66?,67?,68?,69?,70?,71?,72?,73?,74?,75?,76?,77?,78?,79?,80?,81?,82?,83?,84?,85?,86?,87?,88?,89?,90-,91?,92?,93?,97+,98+,105?,106?,107?,108?,109?,110?/m1/s1. The highest BCUT2D eigenvalue weighted by molar-refractivity contribution is 5.85. The summed E-state index contributed by atoms with van der Waals surface area (Å²) >= 11 is 0. The molecule has 26 fully saturated rings. The zero-order chi connectivity index (χ0) is 93.1. The molecule has 25 nitrogen and oxygen atoms in total. The monoisotopic (exact) mass is 1880 g/mol. The minimum atomic E-state index is -1.70. The third-order valence-corrected chi connectivity index (χ3v) is 43.9. The lowest BCUT2D eigenvalue weighted by Crippen LogP contribution is -2.60. The smallest absolute Gasteiger partial charge is 0.344 e. The van der Waals surface area contributed by atoms with Crippen LogP contribution in [0.2, 0.25) is 0 Å². The van der Waals surface area contributed by atoms with Crippen molar-refractivity contribution >= 4 is 53.7 Å². The van der Waals surface area contributed by atoms with Crippen molar-refractivity contribution in [1.82, 2.24) is 0 Å². The fourth-order valence-electron chi connectivity index (χ4n) is 37.2. The molecule has 25 heteroatoms. The van der Waals surface area contributed by atoms with Crippen LogP contribution in [0.5, 0.6) is 0 Å². The summed E-state index contributed by atoms with van der Waals surface area (Å²) in [6.07, 6.45) is 33.7. The van der Waals surface area contributed by atoms with Crippen LogP contribution in [0.15, 0.2) is 0 Å². The van der Waals surface area contributed by atoms with Crippen molar-refractivity contribution in [3.63, 3.8) is 0 Å². The van der Waals surface area contributed by atoms with E-state index in [-0.39, 0.29) is 109 Å². The Morgan fingerprint density at radius 3 is 1.08 bits per heavy atom. The van der Waals surface area contributed by atoms with Crippen LogP contribution in [-0.2, 0) is 110 Å². The number of ether oxygens (including phenoxy) is 10. The van der Waals surface area contributed by atoms with E-state index in [1.54, 1.807) is 0 Å². The predicted octanol–water partition coefficient (Wildman–Crippen LogP) is 19.8. The minimum absolute atomic E-state index is 0.0846. The van der Waals surface area contributed by atoms with Gasteiger partial charge in [-0.2, -0.15) is 0 Å². The number of rotatable bonds is 34. The van der Waals surface area contributed by atoms with Crippen molar-refractivity contribution in [3.05, 3.63) is 0 Å². The Hall–Kier alpha value is -5.05. The van der Waals surface area contributed by atoms with Gasteiger partial charge in [0.05, 0.1) is 54.3 Å². The van der Waals surface area contributed by atoms with Crippen LogP contribution in [0.3, 0.4) is 0 Å². The fraction of sp³-hybridized carbons (Fsp3) is 0.918. The molecule has 752 valence electrons. The Morgan fingerprint density at radius 1 is 0.341 bits per heavy atom. The first-order chi connectivity index (χ1) is 65.1. The summed E-state index contributed by atoms with van der Waals surface area (Å²) in [6.45, 7) is 8.84. The zero-order valence-electron chi connectivity index (χ0n) is 81.8. The summed E-state index contributed by atoms with van der Waals surface area (Å²) in [5, 5.41) is 22.5. The summed E-state index contributed by atoms with van der Waals surface area (Å²) in [4.78, 5) is 160. The lowest BCUT2D eigenvalue weighted by atomic mass is 9.44. The van der Waals surface area contributed by atoms with Gasteiger partial charge in [0.15, 0.2) is 25.9 Å². The van der Waals surface area contributed by atoms with Gasteiger partial charge in [-0.3, -0.25) is 39.3 Å². The van der Waals surface area contributed by atoms with Crippen LogP contribution in [-0.4, -0.2) is 151 Å². The second kappa shape index (κ2) is 39.6. The lowest BCUT2D eigenvalue weighted by Gasteiger charge is -2.61. The van der Waals surface area contributed by atoms with Crippen LogP contribution < -0.4 is 0 Å². The third kappa shape index (κ3) is 19.0. The van der Waals surface area contributed by atoms with Gasteiger partial charge in [-0.1, -0.05) is 84.5 Å². The van der Waals surface area contributed by atoms with E-state index in [2.05, 4.69) is 34.6 Å². The molecule has 0 aromatic rings. The second-order valence-corrected chi connectivity index (χ2v) is 51.0. The molecule has 1 aliphatic heterocycles.